The smallest absolute Gasteiger partial charge is 0.211 e. The van der Waals surface area contributed by atoms with Gasteiger partial charge in [0, 0.05) is 29.1 Å². The van der Waals surface area contributed by atoms with E-state index in [0.717, 1.165) is 0 Å². The van der Waals surface area contributed by atoms with Crippen LogP contribution in [-0.2, 0) is 10.0 Å². The van der Waals surface area contributed by atoms with E-state index in [9.17, 15) is 12.8 Å². The molecule has 12 heteroatoms. The number of fused-ring (bicyclic) bond motifs is 1. The molecule has 2 aromatic carbocycles. The molecule has 4 rings (SSSR count). The van der Waals surface area contributed by atoms with Crippen molar-refractivity contribution in [3.63, 3.8) is 0 Å². The topological polar surface area (TPSA) is 102 Å². The van der Waals surface area contributed by atoms with Crippen molar-refractivity contribution < 1.29 is 22.3 Å². The SMILES string of the molecule is COc1cc2ncnc(Nc3ccc(F)c(Cl)c3)c2cc1O[C@H]1CC[C@H](NS(=O)(=O)CCCCl)CC1. The van der Waals surface area contributed by atoms with Crippen LogP contribution < -0.4 is 19.5 Å². The number of benzene rings is 2. The molecule has 1 aliphatic rings. The van der Waals surface area contributed by atoms with E-state index in [0.29, 0.717) is 71.9 Å². The Morgan fingerprint density at radius 3 is 2.58 bits per heavy atom. The number of hydrogen-bond donors (Lipinski definition) is 2. The molecule has 0 atom stereocenters. The monoisotopic (exact) mass is 556 g/mol. The summed E-state index contributed by atoms with van der Waals surface area (Å²) in [6, 6.07) is 7.79. The van der Waals surface area contributed by atoms with E-state index in [-0.39, 0.29) is 22.9 Å². The van der Waals surface area contributed by atoms with Gasteiger partial charge in [-0.3, -0.25) is 0 Å². The van der Waals surface area contributed by atoms with Gasteiger partial charge in [-0.25, -0.2) is 27.5 Å². The maximum atomic E-state index is 13.5. The van der Waals surface area contributed by atoms with Crippen molar-refractivity contribution in [2.24, 2.45) is 0 Å². The molecule has 36 heavy (non-hydrogen) atoms. The summed E-state index contributed by atoms with van der Waals surface area (Å²) in [6.07, 6.45) is 4.46. The third kappa shape index (κ3) is 6.67. The Bertz CT molecular complexity index is 1320. The zero-order chi connectivity index (χ0) is 25.7. The fraction of sp³-hybridized carbons (Fsp3) is 0.417. The molecule has 2 N–H and O–H groups in total. The summed E-state index contributed by atoms with van der Waals surface area (Å²) in [5.74, 6) is 1.41. The number of alkyl halides is 1. The van der Waals surface area contributed by atoms with Crippen molar-refractivity contribution in [1.29, 1.82) is 0 Å². The van der Waals surface area contributed by atoms with Crippen LogP contribution in [-0.4, -0.2) is 49.3 Å². The average Bonchev–Trinajstić information content (AvgIpc) is 2.86. The maximum absolute atomic E-state index is 13.5. The predicted octanol–water partition coefficient (Wildman–Crippen LogP) is 5.41. The third-order valence-electron chi connectivity index (χ3n) is 5.96. The molecule has 1 saturated carbocycles. The van der Waals surface area contributed by atoms with Gasteiger partial charge in [-0.2, -0.15) is 0 Å². The lowest BCUT2D eigenvalue weighted by Gasteiger charge is -2.29. The Kier molecular flexibility index (Phi) is 8.71. The normalized spacial score (nSPS) is 18.2. The zero-order valence-electron chi connectivity index (χ0n) is 19.6. The first kappa shape index (κ1) is 26.7. The van der Waals surface area contributed by atoms with E-state index in [1.54, 1.807) is 19.2 Å². The van der Waals surface area contributed by atoms with Gasteiger partial charge in [0.25, 0.3) is 0 Å². The van der Waals surface area contributed by atoms with Gasteiger partial charge < -0.3 is 14.8 Å². The van der Waals surface area contributed by atoms with Crippen LogP contribution in [0.4, 0.5) is 15.9 Å². The average molecular weight is 557 g/mol. The molecule has 0 aliphatic heterocycles. The zero-order valence-corrected chi connectivity index (χ0v) is 22.0. The predicted molar refractivity (Wildman–Crippen MR) is 140 cm³/mol. The molecular weight excluding hydrogens is 530 g/mol. The summed E-state index contributed by atoms with van der Waals surface area (Å²) in [7, 11) is -1.78. The molecule has 0 unspecified atom stereocenters. The van der Waals surface area contributed by atoms with Crippen LogP contribution in [0.2, 0.25) is 5.02 Å². The van der Waals surface area contributed by atoms with Gasteiger partial charge >= 0.3 is 0 Å². The Labute approximate surface area is 219 Å². The van der Waals surface area contributed by atoms with E-state index in [2.05, 4.69) is 20.0 Å². The number of sulfonamides is 1. The van der Waals surface area contributed by atoms with Gasteiger partial charge in [0.15, 0.2) is 11.5 Å². The van der Waals surface area contributed by atoms with Crippen molar-refractivity contribution in [1.82, 2.24) is 14.7 Å². The van der Waals surface area contributed by atoms with Crippen LogP contribution >= 0.6 is 23.2 Å². The highest BCUT2D eigenvalue weighted by molar-refractivity contribution is 7.89. The first-order valence-electron chi connectivity index (χ1n) is 11.6. The summed E-state index contributed by atoms with van der Waals surface area (Å²) in [5.41, 5.74) is 1.21. The second kappa shape index (κ2) is 11.8. The molecule has 0 radical (unpaired) electrons. The quantitative estimate of drug-likeness (QED) is 0.321. The molecule has 1 fully saturated rings. The minimum absolute atomic E-state index is 0.000920. The second-order valence-corrected chi connectivity index (χ2v) is 11.2. The number of nitrogens with one attached hydrogen (secondary N) is 2. The molecule has 3 aromatic rings. The molecule has 1 aromatic heterocycles. The number of anilines is 2. The van der Waals surface area contributed by atoms with Crippen LogP contribution in [0.25, 0.3) is 10.9 Å². The molecular formula is C24H27Cl2FN4O4S. The molecule has 0 bridgehead atoms. The number of rotatable bonds is 10. The summed E-state index contributed by atoms with van der Waals surface area (Å²) in [4.78, 5) is 8.66. The summed E-state index contributed by atoms with van der Waals surface area (Å²) >= 11 is 11.5. The van der Waals surface area contributed by atoms with Gasteiger partial charge in [-0.05, 0) is 56.4 Å². The maximum Gasteiger partial charge on any atom is 0.211 e. The molecule has 0 amide bonds. The number of hydrogen-bond acceptors (Lipinski definition) is 7. The Morgan fingerprint density at radius 1 is 1.11 bits per heavy atom. The van der Waals surface area contributed by atoms with Crippen molar-refractivity contribution in [2.75, 3.05) is 24.1 Å². The second-order valence-electron chi connectivity index (χ2n) is 8.57. The summed E-state index contributed by atoms with van der Waals surface area (Å²) in [6.45, 7) is 0. The number of ether oxygens (including phenoxy) is 2. The van der Waals surface area contributed by atoms with Crippen molar-refractivity contribution in [2.45, 2.75) is 44.2 Å². The number of halogens is 3. The summed E-state index contributed by atoms with van der Waals surface area (Å²) < 4.78 is 52.5. The van der Waals surface area contributed by atoms with Gasteiger partial charge in [0.05, 0.1) is 29.5 Å². The first-order chi connectivity index (χ1) is 17.3. The van der Waals surface area contributed by atoms with Crippen LogP contribution in [0.15, 0.2) is 36.7 Å². The van der Waals surface area contributed by atoms with Crippen molar-refractivity contribution in [3.8, 4) is 11.5 Å². The number of aromatic nitrogens is 2. The lowest BCUT2D eigenvalue weighted by molar-refractivity contribution is 0.140. The standard InChI is InChI=1S/C24H27Cl2FN4O4S/c1-34-22-13-21-18(24(29-14-28-21)30-16-5-8-20(27)19(26)11-16)12-23(22)35-17-6-3-15(4-7-17)31-36(32,33)10-2-9-25/h5,8,11-15,17,31H,2-4,6-7,9-10H2,1H3,(H,28,29,30)/t15-,17-. The van der Waals surface area contributed by atoms with Gasteiger partial charge in [-0.1, -0.05) is 11.6 Å². The highest BCUT2D eigenvalue weighted by Crippen LogP contribution is 2.37. The third-order valence-corrected chi connectivity index (χ3v) is 8.04. The minimum atomic E-state index is -3.34. The van der Waals surface area contributed by atoms with E-state index in [1.165, 1.54) is 18.5 Å². The van der Waals surface area contributed by atoms with Crippen LogP contribution in [0.5, 0.6) is 11.5 Å². The Balaban J connectivity index is 1.49. The Morgan fingerprint density at radius 2 is 1.89 bits per heavy atom. The number of nitrogens with zero attached hydrogens (tertiary/aromatic N) is 2. The largest absolute Gasteiger partial charge is 0.493 e. The van der Waals surface area contributed by atoms with Gasteiger partial charge in [-0.15, -0.1) is 11.6 Å². The van der Waals surface area contributed by atoms with Crippen LogP contribution in [0.1, 0.15) is 32.1 Å². The first-order valence-corrected chi connectivity index (χ1v) is 14.1. The van der Waals surface area contributed by atoms with Crippen molar-refractivity contribution >= 4 is 55.6 Å². The lowest BCUT2D eigenvalue weighted by Crippen LogP contribution is -2.40. The van der Waals surface area contributed by atoms with E-state index in [1.807, 2.05) is 6.07 Å². The van der Waals surface area contributed by atoms with E-state index >= 15 is 0 Å². The molecule has 8 nitrogen and oxygen atoms in total. The fourth-order valence-electron chi connectivity index (χ4n) is 4.16. The van der Waals surface area contributed by atoms with Gasteiger partial charge in [0.1, 0.15) is 18.0 Å². The molecule has 1 heterocycles. The van der Waals surface area contributed by atoms with Crippen LogP contribution in [0, 0.1) is 5.82 Å². The Hall–Kier alpha value is -2.40. The molecule has 194 valence electrons. The molecule has 1 aliphatic carbocycles. The lowest BCUT2D eigenvalue weighted by atomic mass is 9.93. The van der Waals surface area contributed by atoms with E-state index < -0.39 is 15.8 Å². The highest BCUT2D eigenvalue weighted by Gasteiger charge is 2.26. The minimum Gasteiger partial charge on any atom is -0.493 e. The summed E-state index contributed by atoms with van der Waals surface area (Å²) in [5, 5.41) is 3.84. The fourth-order valence-corrected chi connectivity index (χ4v) is 6.02. The highest BCUT2D eigenvalue weighted by atomic mass is 35.5. The van der Waals surface area contributed by atoms with Gasteiger partial charge in [0.2, 0.25) is 10.0 Å². The van der Waals surface area contributed by atoms with Crippen LogP contribution in [0.3, 0.4) is 0 Å². The van der Waals surface area contributed by atoms with E-state index in [4.69, 9.17) is 32.7 Å². The molecule has 0 spiro atoms. The van der Waals surface area contributed by atoms with Crippen molar-refractivity contribution in [3.05, 3.63) is 47.5 Å². The molecule has 0 saturated heterocycles. The number of methoxy groups -OCH3 is 1.